The van der Waals surface area contributed by atoms with E-state index in [-0.39, 0.29) is 18.0 Å². The topological polar surface area (TPSA) is 70.2 Å². The lowest BCUT2D eigenvalue weighted by Gasteiger charge is -2.09. The van der Waals surface area contributed by atoms with Crippen LogP contribution in [0.5, 0.6) is 0 Å². The molecular weight excluding hydrogens is 365 g/mol. The second-order valence-corrected chi connectivity index (χ2v) is 6.82. The van der Waals surface area contributed by atoms with Gasteiger partial charge in [-0.15, -0.1) is 11.3 Å². The molecule has 3 rings (SSSR count). The fourth-order valence-corrected chi connectivity index (χ4v) is 3.04. The van der Waals surface area contributed by atoms with Gasteiger partial charge < -0.3 is 16.0 Å². The third-order valence-electron chi connectivity index (χ3n) is 3.74. The molecule has 0 aliphatic carbocycles. The average molecular weight is 383 g/mol. The van der Waals surface area contributed by atoms with E-state index in [2.05, 4.69) is 16.0 Å². The van der Waals surface area contributed by atoms with Crippen molar-refractivity contribution in [3.63, 3.8) is 0 Å². The highest BCUT2D eigenvalue weighted by Crippen LogP contribution is 2.14. The van der Waals surface area contributed by atoms with Crippen molar-refractivity contribution in [2.75, 3.05) is 10.6 Å². The molecule has 0 atom stereocenters. The number of carbonyl (C=O) groups is 2. The number of amides is 3. The second-order valence-electron chi connectivity index (χ2n) is 5.79. The summed E-state index contributed by atoms with van der Waals surface area (Å²) in [5, 5.41) is 9.91. The Labute approximate surface area is 160 Å². The molecule has 3 aromatic rings. The largest absolute Gasteiger partial charge is 0.351 e. The van der Waals surface area contributed by atoms with Crippen LogP contribution in [0.3, 0.4) is 0 Å². The highest BCUT2D eigenvalue weighted by molar-refractivity contribution is 7.09. The van der Waals surface area contributed by atoms with E-state index < -0.39 is 11.8 Å². The Morgan fingerprint density at radius 2 is 1.70 bits per heavy atom. The van der Waals surface area contributed by atoms with E-state index in [1.165, 1.54) is 12.1 Å². The highest BCUT2D eigenvalue weighted by Gasteiger charge is 2.07. The van der Waals surface area contributed by atoms with Crippen LogP contribution in [0.4, 0.5) is 20.6 Å². The molecule has 7 heteroatoms. The van der Waals surface area contributed by atoms with Gasteiger partial charge in [0.1, 0.15) is 5.82 Å². The number of rotatable bonds is 6. The molecule has 0 saturated carbocycles. The smallest absolute Gasteiger partial charge is 0.323 e. The molecule has 1 heterocycles. The molecular formula is C20H18FN3O2S. The summed E-state index contributed by atoms with van der Waals surface area (Å²) in [6.45, 7) is 0.520. The van der Waals surface area contributed by atoms with Gasteiger partial charge in [-0.1, -0.05) is 30.3 Å². The van der Waals surface area contributed by atoms with Crippen LogP contribution in [-0.4, -0.2) is 11.9 Å². The zero-order chi connectivity index (χ0) is 19.1. The first-order valence-corrected chi connectivity index (χ1v) is 9.18. The number of halogens is 1. The number of hydrogen-bond donors (Lipinski definition) is 3. The molecule has 3 N–H and O–H groups in total. The number of urea groups is 1. The minimum Gasteiger partial charge on any atom is -0.351 e. The summed E-state index contributed by atoms with van der Waals surface area (Å²) in [6.07, 6.45) is 0.257. The molecule has 0 radical (unpaired) electrons. The molecule has 138 valence electrons. The van der Waals surface area contributed by atoms with Crippen molar-refractivity contribution in [2.45, 2.75) is 13.0 Å². The van der Waals surface area contributed by atoms with Crippen molar-refractivity contribution in [3.8, 4) is 0 Å². The standard InChI is InChI=1S/C20H18FN3O2S/c21-17-5-1-2-6-18(17)24-20(26)23-15-9-7-14(8-10-15)12-19(25)22-13-16-4-3-11-27-16/h1-11H,12-13H2,(H,22,25)(H2,23,24,26). The molecule has 0 aliphatic heterocycles. The first kappa shape index (κ1) is 18.6. The van der Waals surface area contributed by atoms with E-state index in [1.54, 1.807) is 47.7 Å². The van der Waals surface area contributed by atoms with Crippen molar-refractivity contribution in [2.24, 2.45) is 0 Å². The van der Waals surface area contributed by atoms with Gasteiger partial charge in [0.05, 0.1) is 18.7 Å². The zero-order valence-corrected chi connectivity index (χ0v) is 15.2. The number of hydrogen-bond acceptors (Lipinski definition) is 3. The van der Waals surface area contributed by atoms with E-state index >= 15 is 0 Å². The number of para-hydroxylation sites is 1. The maximum Gasteiger partial charge on any atom is 0.323 e. The van der Waals surface area contributed by atoms with E-state index in [1.807, 2.05) is 17.5 Å². The predicted octanol–water partition coefficient (Wildman–Crippen LogP) is 4.39. The molecule has 0 aliphatic rings. The quantitative estimate of drug-likeness (QED) is 0.591. The molecule has 2 aromatic carbocycles. The molecule has 0 saturated heterocycles. The number of anilines is 2. The third kappa shape index (κ3) is 5.65. The minimum absolute atomic E-state index is 0.0681. The Hall–Kier alpha value is -3.19. The third-order valence-corrected chi connectivity index (χ3v) is 4.61. The van der Waals surface area contributed by atoms with E-state index in [9.17, 15) is 14.0 Å². The van der Waals surface area contributed by atoms with Crippen LogP contribution in [0.1, 0.15) is 10.4 Å². The normalized spacial score (nSPS) is 10.3. The molecule has 1 aromatic heterocycles. The molecule has 0 unspecified atom stereocenters. The fourth-order valence-electron chi connectivity index (χ4n) is 2.40. The summed E-state index contributed by atoms with van der Waals surface area (Å²) < 4.78 is 13.5. The first-order valence-electron chi connectivity index (χ1n) is 8.31. The van der Waals surface area contributed by atoms with Crippen LogP contribution in [0, 0.1) is 5.82 Å². The number of thiophene rings is 1. The van der Waals surface area contributed by atoms with Crippen LogP contribution in [0.2, 0.25) is 0 Å². The minimum atomic E-state index is -0.540. The Balaban J connectivity index is 1.48. The van der Waals surface area contributed by atoms with Gasteiger partial charge in [0.2, 0.25) is 5.91 Å². The molecule has 0 spiro atoms. The maximum atomic E-state index is 13.5. The monoisotopic (exact) mass is 383 g/mol. The molecule has 5 nitrogen and oxygen atoms in total. The summed E-state index contributed by atoms with van der Waals surface area (Å²) in [5.74, 6) is -0.571. The van der Waals surface area contributed by atoms with Crippen molar-refractivity contribution in [1.29, 1.82) is 0 Å². The van der Waals surface area contributed by atoms with Gasteiger partial charge in [-0.25, -0.2) is 9.18 Å². The number of nitrogens with one attached hydrogen (secondary N) is 3. The van der Waals surface area contributed by atoms with Crippen LogP contribution in [0.25, 0.3) is 0 Å². The van der Waals surface area contributed by atoms with Crippen molar-refractivity contribution >= 4 is 34.6 Å². The Kier molecular flexibility index (Phi) is 6.17. The van der Waals surface area contributed by atoms with Gasteiger partial charge in [-0.3, -0.25) is 4.79 Å². The first-order chi connectivity index (χ1) is 13.1. The Bertz CT molecular complexity index is 911. The average Bonchev–Trinajstić information content (AvgIpc) is 3.17. The predicted molar refractivity (Wildman–Crippen MR) is 105 cm³/mol. The maximum absolute atomic E-state index is 13.5. The number of carbonyl (C=O) groups excluding carboxylic acids is 2. The Morgan fingerprint density at radius 1 is 0.926 bits per heavy atom. The van der Waals surface area contributed by atoms with Crippen molar-refractivity contribution in [1.82, 2.24) is 5.32 Å². The Morgan fingerprint density at radius 3 is 2.41 bits per heavy atom. The summed E-state index contributed by atoms with van der Waals surface area (Å²) in [4.78, 5) is 25.0. The molecule has 27 heavy (non-hydrogen) atoms. The van der Waals surface area contributed by atoms with Gasteiger partial charge in [-0.2, -0.15) is 0 Å². The summed E-state index contributed by atoms with van der Waals surface area (Å²) >= 11 is 1.60. The van der Waals surface area contributed by atoms with Crippen molar-refractivity contribution < 1.29 is 14.0 Å². The lowest BCUT2D eigenvalue weighted by Crippen LogP contribution is -2.24. The van der Waals surface area contributed by atoms with Crippen LogP contribution < -0.4 is 16.0 Å². The van der Waals surface area contributed by atoms with Crippen molar-refractivity contribution in [3.05, 3.63) is 82.3 Å². The SMILES string of the molecule is O=C(Cc1ccc(NC(=O)Nc2ccccc2F)cc1)NCc1cccs1. The molecule has 3 amide bonds. The second kappa shape index (κ2) is 8.95. The van der Waals surface area contributed by atoms with Crippen LogP contribution in [-0.2, 0) is 17.8 Å². The fraction of sp³-hybridized carbons (Fsp3) is 0.100. The van der Waals surface area contributed by atoms with Gasteiger partial charge in [-0.05, 0) is 41.3 Å². The summed E-state index contributed by atoms with van der Waals surface area (Å²) in [6, 6.07) is 16.2. The van der Waals surface area contributed by atoms with E-state index in [0.717, 1.165) is 10.4 Å². The lowest BCUT2D eigenvalue weighted by atomic mass is 10.1. The van der Waals surface area contributed by atoms with Gasteiger partial charge in [0, 0.05) is 10.6 Å². The van der Waals surface area contributed by atoms with Gasteiger partial charge in [0.15, 0.2) is 0 Å². The van der Waals surface area contributed by atoms with Gasteiger partial charge in [0.25, 0.3) is 0 Å². The van der Waals surface area contributed by atoms with Crippen LogP contribution >= 0.6 is 11.3 Å². The zero-order valence-electron chi connectivity index (χ0n) is 14.4. The van der Waals surface area contributed by atoms with Gasteiger partial charge >= 0.3 is 6.03 Å². The summed E-state index contributed by atoms with van der Waals surface area (Å²) in [7, 11) is 0. The molecule has 0 fully saturated rings. The van der Waals surface area contributed by atoms with Crippen LogP contribution in [0.15, 0.2) is 66.0 Å². The number of benzene rings is 2. The lowest BCUT2D eigenvalue weighted by molar-refractivity contribution is -0.120. The highest BCUT2D eigenvalue weighted by atomic mass is 32.1. The summed E-state index contributed by atoms with van der Waals surface area (Å²) in [5.41, 5.74) is 1.49. The van der Waals surface area contributed by atoms with E-state index in [4.69, 9.17) is 0 Å². The molecule has 0 bridgehead atoms. The van der Waals surface area contributed by atoms with E-state index in [0.29, 0.717) is 12.2 Å².